The van der Waals surface area contributed by atoms with Crippen molar-refractivity contribution in [3.63, 3.8) is 0 Å². The third-order valence-electron chi connectivity index (χ3n) is 4.97. The van der Waals surface area contributed by atoms with Crippen LogP contribution < -0.4 is 10.6 Å². The van der Waals surface area contributed by atoms with E-state index in [1.54, 1.807) is 0 Å². The first-order valence-corrected chi connectivity index (χ1v) is 10.0. The molecule has 0 bridgehead atoms. The summed E-state index contributed by atoms with van der Waals surface area (Å²) in [6.07, 6.45) is 5.49. The number of rotatable bonds is 5. The van der Waals surface area contributed by atoms with Gasteiger partial charge in [-0.2, -0.15) is 0 Å². The van der Waals surface area contributed by atoms with Crippen molar-refractivity contribution in [2.75, 3.05) is 33.3 Å². The molecule has 1 saturated carbocycles. The van der Waals surface area contributed by atoms with Gasteiger partial charge in [0.25, 0.3) is 0 Å². The molecular formula is C18H31IN4OS. The second-order valence-corrected chi connectivity index (χ2v) is 7.77. The zero-order chi connectivity index (χ0) is 16.8. The second kappa shape index (κ2) is 10.7. The lowest BCUT2D eigenvalue weighted by molar-refractivity contribution is -0.0334. The van der Waals surface area contributed by atoms with Crippen LogP contribution in [0.1, 0.15) is 43.5 Å². The smallest absolute Gasteiger partial charge is 0.191 e. The molecule has 2 N–H and O–H groups in total. The van der Waals surface area contributed by atoms with Crippen LogP contribution in [0.15, 0.2) is 22.5 Å². The van der Waals surface area contributed by atoms with Crippen LogP contribution in [0.2, 0.25) is 0 Å². The minimum Gasteiger partial charge on any atom is -0.376 e. The standard InChI is InChI=1S/C18H30N4OS.HI/c1-14-13-22(9-10-23-14)16(17-8-5-11-24-17)12-20-18(19-2)21-15-6-3-4-7-15;/h5,8,11,14-16H,3-4,6-7,9-10,12-13H2,1-2H3,(H2,19,20,21);1H. The van der Waals surface area contributed by atoms with Crippen LogP contribution in [0.3, 0.4) is 0 Å². The van der Waals surface area contributed by atoms with E-state index in [4.69, 9.17) is 4.74 Å². The van der Waals surface area contributed by atoms with Crippen molar-refractivity contribution in [3.8, 4) is 0 Å². The predicted molar refractivity (Wildman–Crippen MR) is 116 cm³/mol. The lowest BCUT2D eigenvalue weighted by atomic mass is 10.1. The Balaban J connectivity index is 0.00000225. The molecule has 1 aliphatic heterocycles. The fraction of sp³-hybridized carbons (Fsp3) is 0.722. The lowest BCUT2D eigenvalue weighted by Crippen LogP contribution is -2.49. The molecule has 0 aromatic carbocycles. The van der Waals surface area contributed by atoms with Crippen molar-refractivity contribution >= 4 is 41.3 Å². The van der Waals surface area contributed by atoms with Gasteiger partial charge in [0.2, 0.25) is 0 Å². The summed E-state index contributed by atoms with van der Waals surface area (Å²) in [5.74, 6) is 0.935. The van der Waals surface area contributed by atoms with Crippen LogP contribution >= 0.6 is 35.3 Å². The van der Waals surface area contributed by atoms with Crippen LogP contribution in [0.5, 0.6) is 0 Å². The largest absolute Gasteiger partial charge is 0.376 e. The molecule has 7 heteroatoms. The first-order valence-electron chi connectivity index (χ1n) is 9.12. The average molecular weight is 478 g/mol. The molecule has 2 aliphatic rings. The lowest BCUT2D eigenvalue weighted by Gasteiger charge is -2.37. The van der Waals surface area contributed by atoms with Gasteiger partial charge in [-0.25, -0.2) is 0 Å². The van der Waals surface area contributed by atoms with Gasteiger partial charge in [-0.1, -0.05) is 18.9 Å². The average Bonchev–Trinajstić information content (AvgIpc) is 3.28. The molecule has 2 fully saturated rings. The zero-order valence-electron chi connectivity index (χ0n) is 15.2. The maximum Gasteiger partial charge on any atom is 0.191 e. The molecule has 0 amide bonds. The minimum absolute atomic E-state index is 0. The number of hydrogen-bond acceptors (Lipinski definition) is 4. The second-order valence-electron chi connectivity index (χ2n) is 6.79. The van der Waals surface area contributed by atoms with Crippen molar-refractivity contribution < 1.29 is 4.74 Å². The number of nitrogens with one attached hydrogen (secondary N) is 2. The molecule has 0 spiro atoms. The van der Waals surface area contributed by atoms with Gasteiger partial charge in [0.15, 0.2) is 5.96 Å². The Bertz CT molecular complexity index is 519. The van der Waals surface area contributed by atoms with Crippen molar-refractivity contribution in [3.05, 3.63) is 22.4 Å². The number of hydrogen-bond donors (Lipinski definition) is 2. The van der Waals surface area contributed by atoms with Crippen molar-refractivity contribution in [2.24, 2.45) is 4.99 Å². The SMILES string of the molecule is CN=C(NCC(c1cccs1)N1CCOC(C)C1)NC1CCCC1.I. The van der Waals surface area contributed by atoms with Gasteiger partial charge < -0.3 is 15.4 Å². The number of ether oxygens (including phenoxy) is 1. The van der Waals surface area contributed by atoms with Crippen LogP contribution in [0.25, 0.3) is 0 Å². The summed E-state index contributed by atoms with van der Waals surface area (Å²) in [6.45, 7) is 5.82. The van der Waals surface area contributed by atoms with Gasteiger partial charge in [-0.15, -0.1) is 35.3 Å². The highest BCUT2D eigenvalue weighted by atomic mass is 127. The zero-order valence-corrected chi connectivity index (χ0v) is 18.4. The molecule has 1 aromatic heterocycles. The van der Waals surface area contributed by atoms with Crippen molar-refractivity contribution in [1.29, 1.82) is 0 Å². The van der Waals surface area contributed by atoms with Gasteiger partial charge in [-0.05, 0) is 31.2 Å². The summed E-state index contributed by atoms with van der Waals surface area (Å²) in [5, 5.41) is 9.30. The Hall–Kier alpha value is -0.380. The molecule has 2 unspecified atom stereocenters. The normalized spacial score (nSPS) is 23.9. The van der Waals surface area contributed by atoms with Crippen LogP contribution in [-0.2, 0) is 4.74 Å². The van der Waals surface area contributed by atoms with Crippen LogP contribution in [0, 0.1) is 0 Å². The van der Waals surface area contributed by atoms with E-state index in [9.17, 15) is 0 Å². The first-order chi connectivity index (χ1) is 11.8. The van der Waals surface area contributed by atoms with Crippen molar-refractivity contribution in [1.82, 2.24) is 15.5 Å². The Morgan fingerprint density at radius 3 is 2.88 bits per heavy atom. The van der Waals surface area contributed by atoms with Gasteiger partial charge in [0.1, 0.15) is 0 Å². The predicted octanol–water partition coefficient (Wildman–Crippen LogP) is 3.24. The van der Waals surface area contributed by atoms with Crippen LogP contribution in [-0.4, -0.2) is 56.3 Å². The fourth-order valence-corrected chi connectivity index (χ4v) is 4.53. The summed E-state index contributed by atoms with van der Waals surface area (Å²) in [7, 11) is 1.86. The summed E-state index contributed by atoms with van der Waals surface area (Å²) in [5.41, 5.74) is 0. The molecule has 1 saturated heterocycles. The monoisotopic (exact) mass is 478 g/mol. The topological polar surface area (TPSA) is 48.9 Å². The van der Waals surface area contributed by atoms with E-state index < -0.39 is 0 Å². The molecule has 0 radical (unpaired) electrons. The molecular weight excluding hydrogens is 447 g/mol. The highest BCUT2D eigenvalue weighted by Crippen LogP contribution is 2.26. The Morgan fingerprint density at radius 1 is 1.44 bits per heavy atom. The van der Waals surface area contributed by atoms with Gasteiger partial charge in [0, 0.05) is 37.6 Å². The van der Waals surface area contributed by atoms with E-state index in [-0.39, 0.29) is 24.0 Å². The number of thiophene rings is 1. The van der Waals surface area contributed by atoms with E-state index in [2.05, 4.69) is 45.0 Å². The number of guanidine groups is 1. The van der Waals surface area contributed by atoms with E-state index in [1.165, 1.54) is 30.6 Å². The van der Waals surface area contributed by atoms with E-state index in [0.29, 0.717) is 18.2 Å². The molecule has 142 valence electrons. The summed E-state index contributed by atoms with van der Waals surface area (Å²) >= 11 is 1.84. The molecule has 3 rings (SSSR count). The Morgan fingerprint density at radius 2 is 2.24 bits per heavy atom. The third-order valence-corrected chi connectivity index (χ3v) is 5.94. The maximum absolute atomic E-state index is 5.72. The first kappa shape index (κ1) is 20.9. The maximum atomic E-state index is 5.72. The number of nitrogens with zero attached hydrogens (tertiary/aromatic N) is 2. The Kier molecular flexibility index (Phi) is 8.95. The molecule has 1 aliphatic carbocycles. The molecule has 5 nitrogen and oxygen atoms in total. The quantitative estimate of drug-likeness (QED) is 0.388. The summed E-state index contributed by atoms with van der Waals surface area (Å²) < 4.78 is 5.72. The van der Waals surface area contributed by atoms with E-state index >= 15 is 0 Å². The Labute approximate surface area is 172 Å². The molecule has 2 atom stereocenters. The summed E-state index contributed by atoms with van der Waals surface area (Å²) in [4.78, 5) is 8.37. The highest BCUT2D eigenvalue weighted by molar-refractivity contribution is 14.0. The number of morpholine rings is 1. The fourth-order valence-electron chi connectivity index (χ4n) is 3.67. The van der Waals surface area contributed by atoms with Gasteiger partial charge in [-0.3, -0.25) is 9.89 Å². The van der Waals surface area contributed by atoms with Gasteiger partial charge >= 0.3 is 0 Å². The molecule has 1 aromatic rings. The van der Waals surface area contributed by atoms with E-state index in [0.717, 1.165) is 32.2 Å². The van der Waals surface area contributed by atoms with Gasteiger partial charge in [0.05, 0.1) is 18.8 Å². The third kappa shape index (κ3) is 6.08. The van der Waals surface area contributed by atoms with Crippen LogP contribution in [0.4, 0.5) is 0 Å². The highest BCUT2D eigenvalue weighted by Gasteiger charge is 2.26. The molecule has 2 heterocycles. The van der Waals surface area contributed by atoms with Crippen molar-refractivity contribution in [2.45, 2.75) is 50.8 Å². The molecule has 25 heavy (non-hydrogen) atoms. The van der Waals surface area contributed by atoms with E-state index in [1.807, 2.05) is 18.4 Å². The number of aliphatic imine (C=N–C) groups is 1. The minimum atomic E-state index is 0. The summed E-state index contributed by atoms with van der Waals surface area (Å²) in [6, 6.07) is 5.34. The number of halogens is 1.